The van der Waals surface area contributed by atoms with Crippen LogP contribution in [-0.2, 0) is 0 Å². The van der Waals surface area contributed by atoms with Crippen molar-refractivity contribution in [2.24, 2.45) is 0 Å². The summed E-state index contributed by atoms with van der Waals surface area (Å²) < 4.78 is -1.44. The molecule has 68 valence electrons. The molecule has 0 rings (SSSR count). The summed E-state index contributed by atoms with van der Waals surface area (Å²) in [7, 11) is 0. The molecule has 0 amide bonds. The Bertz CT molecular complexity index is 108. The fraction of sp³-hybridized carbons (Fsp3) is 0.500. The van der Waals surface area contributed by atoms with Crippen molar-refractivity contribution in [3.63, 3.8) is 0 Å². The van der Waals surface area contributed by atoms with Crippen molar-refractivity contribution >= 4 is 81.2 Å². The van der Waals surface area contributed by atoms with Gasteiger partial charge in [0.1, 0.15) is 0 Å². The monoisotopic (exact) mass is 296 g/mol. The van der Waals surface area contributed by atoms with E-state index in [9.17, 15) is 0 Å². The molecule has 0 radical (unpaired) electrons. The first-order chi connectivity index (χ1) is 4.68. The molecule has 7 heteroatoms. The molecular weight excluding hydrogens is 296 g/mol. The predicted molar refractivity (Wildman–Crippen MR) is 56.6 cm³/mol. The van der Waals surface area contributed by atoms with Crippen LogP contribution in [0.1, 0.15) is 0 Å². The molecule has 0 saturated carbocycles. The second kappa shape index (κ2) is 7.20. The van der Waals surface area contributed by atoms with Crippen LogP contribution < -0.4 is 0 Å². The standard InChI is InChI=1S/C2HCl5.C2H2Cl2/c3-1(4)2(5,6)7;1-2(3)4/h1H;1H2. The molecule has 0 aliphatic heterocycles. The van der Waals surface area contributed by atoms with Crippen molar-refractivity contribution in [1.29, 1.82) is 0 Å². The predicted octanol–water partition coefficient (Wildman–Crippen LogP) is 5.10. The molecule has 0 aromatic carbocycles. The minimum absolute atomic E-state index is 0.111. The van der Waals surface area contributed by atoms with E-state index in [4.69, 9.17) is 81.2 Å². The summed E-state index contributed by atoms with van der Waals surface area (Å²) in [4.78, 5) is -0.961. The largest absolute Gasteiger partial charge is 0.220 e. The second-order valence-electron chi connectivity index (χ2n) is 1.18. The highest BCUT2D eigenvalue weighted by atomic mass is 35.6. The van der Waals surface area contributed by atoms with Crippen molar-refractivity contribution in [3.05, 3.63) is 11.1 Å². The minimum Gasteiger partial charge on any atom is -0.101 e. The SMILES string of the molecule is C=C(Cl)Cl.ClC(Cl)C(Cl)(Cl)Cl. The summed E-state index contributed by atoms with van der Waals surface area (Å²) in [5.74, 6) is 0. The van der Waals surface area contributed by atoms with Crippen LogP contribution in [0.25, 0.3) is 0 Å². The van der Waals surface area contributed by atoms with Gasteiger partial charge in [0, 0.05) is 0 Å². The van der Waals surface area contributed by atoms with Crippen LogP contribution in [0.5, 0.6) is 0 Å². The minimum atomic E-state index is -1.55. The normalized spacial score (nSPS) is 10.5. The summed E-state index contributed by atoms with van der Waals surface area (Å²) in [5, 5.41) is 0. The average Bonchev–Trinajstić information content (AvgIpc) is 1.59. The average molecular weight is 299 g/mol. The Hall–Kier alpha value is 1.77. The highest BCUT2D eigenvalue weighted by Gasteiger charge is 2.28. The third-order valence-corrected chi connectivity index (χ3v) is 2.23. The number of rotatable bonds is 0. The summed E-state index contributed by atoms with van der Waals surface area (Å²) in [6.45, 7) is 3.09. The molecule has 0 aromatic rings. The van der Waals surface area contributed by atoms with E-state index in [1.165, 1.54) is 0 Å². The van der Waals surface area contributed by atoms with Crippen LogP contribution in [0.3, 0.4) is 0 Å². The summed E-state index contributed by atoms with van der Waals surface area (Å²) >= 11 is 35.3. The maximum absolute atomic E-state index is 5.14. The Morgan fingerprint density at radius 2 is 1.18 bits per heavy atom. The van der Waals surface area contributed by atoms with Gasteiger partial charge in [-0.25, -0.2) is 0 Å². The molecule has 0 atom stereocenters. The van der Waals surface area contributed by atoms with Crippen molar-refractivity contribution in [2.45, 2.75) is 8.63 Å². The molecule has 0 aliphatic rings. The lowest BCUT2D eigenvalue weighted by Crippen LogP contribution is -2.11. The Labute approximate surface area is 100 Å². The highest BCUT2D eigenvalue weighted by Crippen LogP contribution is 2.35. The van der Waals surface area contributed by atoms with Gasteiger partial charge in [0.15, 0.2) is 4.84 Å². The molecule has 0 aromatic heterocycles. The van der Waals surface area contributed by atoms with Crippen LogP contribution in [0.15, 0.2) is 11.1 Å². The van der Waals surface area contributed by atoms with Gasteiger partial charge in [-0.15, -0.1) is 23.2 Å². The Kier molecular flexibility index (Phi) is 9.98. The van der Waals surface area contributed by atoms with E-state index >= 15 is 0 Å². The maximum Gasteiger partial charge on any atom is 0.220 e. The fourth-order valence-electron chi connectivity index (χ4n) is 0. The van der Waals surface area contributed by atoms with Gasteiger partial charge in [-0.1, -0.05) is 64.6 Å². The quantitative estimate of drug-likeness (QED) is 0.546. The molecule has 0 fully saturated rings. The van der Waals surface area contributed by atoms with Gasteiger partial charge in [-0.3, -0.25) is 0 Å². The lowest BCUT2D eigenvalue weighted by atomic mass is 10.9. The van der Waals surface area contributed by atoms with E-state index in [1.807, 2.05) is 0 Å². The van der Waals surface area contributed by atoms with Crippen molar-refractivity contribution < 1.29 is 0 Å². The van der Waals surface area contributed by atoms with Crippen LogP contribution in [0.2, 0.25) is 0 Å². The molecule has 0 spiro atoms. The molecule has 0 aliphatic carbocycles. The fourth-order valence-corrected chi connectivity index (χ4v) is 0. The van der Waals surface area contributed by atoms with E-state index in [0.717, 1.165) is 0 Å². The van der Waals surface area contributed by atoms with E-state index in [-0.39, 0.29) is 4.49 Å². The van der Waals surface area contributed by atoms with Gasteiger partial charge in [0.2, 0.25) is 3.79 Å². The lowest BCUT2D eigenvalue weighted by molar-refractivity contribution is 1.19. The Morgan fingerprint density at radius 3 is 1.18 bits per heavy atom. The van der Waals surface area contributed by atoms with Gasteiger partial charge in [0.05, 0.1) is 4.49 Å². The van der Waals surface area contributed by atoms with E-state index in [0.29, 0.717) is 0 Å². The molecule has 0 bridgehead atoms. The van der Waals surface area contributed by atoms with Crippen LogP contribution in [-0.4, -0.2) is 8.63 Å². The number of halogens is 7. The molecule has 0 saturated heterocycles. The smallest absolute Gasteiger partial charge is 0.101 e. The first kappa shape index (κ1) is 15.3. The zero-order valence-corrected chi connectivity index (χ0v) is 10.2. The zero-order valence-electron chi connectivity index (χ0n) is 4.93. The molecule has 11 heavy (non-hydrogen) atoms. The third-order valence-electron chi connectivity index (χ3n) is 0.247. The van der Waals surface area contributed by atoms with Gasteiger partial charge in [-0.05, 0) is 0 Å². The van der Waals surface area contributed by atoms with Crippen LogP contribution in [0.4, 0.5) is 0 Å². The summed E-state index contributed by atoms with van der Waals surface area (Å²) in [6, 6.07) is 0. The zero-order chi connectivity index (χ0) is 9.65. The van der Waals surface area contributed by atoms with Gasteiger partial charge in [-0.2, -0.15) is 0 Å². The van der Waals surface area contributed by atoms with Crippen molar-refractivity contribution in [1.82, 2.24) is 0 Å². The highest BCUT2D eigenvalue weighted by molar-refractivity contribution is 6.73. The molecular formula is C4H3Cl7. The molecule has 0 unspecified atom stereocenters. The van der Waals surface area contributed by atoms with E-state index < -0.39 is 8.63 Å². The van der Waals surface area contributed by atoms with Gasteiger partial charge < -0.3 is 0 Å². The second-order valence-corrected chi connectivity index (χ2v) is 5.75. The topological polar surface area (TPSA) is 0 Å². The Balaban J connectivity index is 0. The number of alkyl halides is 5. The molecule has 0 N–H and O–H groups in total. The third kappa shape index (κ3) is 18.6. The Morgan fingerprint density at radius 1 is 1.09 bits per heavy atom. The van der Waals surface area contributed by atoms with Crippen LogP contribution >= 0.6 is 81.2 Å². The number of hydrogen-bond acceptors (Lipinski definition) is 0. The van der Waals surface area contributed by atoms with Gasteiger partial charge >= 0.3 is 0 Å². The molecule has 0 heterocycles. The van der Waals surface area contributed by atoms with Crippen molar-refractivity contribution in [3.8, 4) is 0 Å². The van der Waals surface area contributed by atoms with E-state index in [2.05, 4.69) is 6.58 Å². The lowest BCUT2D eigenvalue weighted by Gasteiger charge is -2.09. The summed E-state index contributed by atoms with van der Waals surface area (Å²) in [6.07, 6.45) is 0. The van der Waals surface area contributed by atoms with E-state index in [1.54, 1.807) is 0 Å². The first-order valence-electron chi connectivity index (χ1n) is 2.02. The molecule has 0 nitrogen and oxygen atoms in total. The van der Waals surface area contributed by atoms with Crippen molar-refractivity contribution in [2.75, 3.05) is 0 Å². The number of hydrogen-bond donors (Lipinski definition) is 0. The first-order valence-corrected chi connectivity index (χ1v) is 4.79. The van der Waals surface area contributed by atoms with Crippen LogP contribution in [0, 0.1) is 0 Å². The maximum atomic E-state index is 5.14. The van der Waals surface area contributed by atoms with Gasteiger partial charge in [0.25, 0.3) is 0 Å². The summed E-state index contributed by atoms with van der Waals surface area (Å²) in [5.41, 5.74) is 0.